The summed E-state index contributed by atoms with van der Waals surface area (Å²) in [6.07, 6.45) is 11.0. The van der Waals surface area contributed by atoms with Crippen molar-refractivity contribution >= 4 is 17.4 Å². The molecule has 6 rings (SSSR count). The van der Waals surface area contributed by atoms with Gasteiger partial charge in [-0.3, -0.25) is 4.79 Å². The van der Waals surface area contributed by atoms with Gasteiger partial charge < -0.3 is 9.80 Å². The number of fused-ring (bicyclic) bond motifs is 2. The molecule has 2 aliphatic heterocycles. The van der Waals surface area contributed by atoms with Crippen LogP contribution in [0.1, 0.15) is 84.2 Å². The van der Waals surface area contributed by atoms with Crippen LogP contribution in [0.4, 0.5) is 5.82 Å². The topological polar surface area (TPSA) is 53.7 Å². The highest BCUT2D eigenvalue weighted by Gasteiger charge is 2.32. The Labute approximate surface area is 202 Å². The van der Waals surface area contributed by atoms with Crippen LogP contribution in [0, 0.1) is 12.8 Å². The van der Waals surface area contributed by atoms with E-state index in [0.29, 0.717) is 5.92 Å². The molecule has 1 aromatic carbocycles. The van der Waals surface area contributed by atoms with Crippen molar-refractivity contribution < 1.29 is 4.79 Å². The highest BCUT2D eigenvalue weighted by atomic mass is 16.2. The van der Waals surface area contributed by atoms with Crippen molar-refractivity contribution in [1.29, 1.82) is 0 Å². The van der Waals surface area contributed by atoms with Gasteiger partial charge in [-0.2, -0.15) is 5.10 Å². The van der Waals surface area contributed by atoms with Gasteiger partial charge in [0, 0.05) is 43.0 Å². The molecule has 1 amide bonds. The smallest absolute Gasteiger partial charge is 0.254 e. The lowest BCUT2D eigenvalue weighted by molar-refractivity contribution is 0.0604. The van der Waals surface area contributed by atoms with Crippen molar-refractivity contribution in [3.05, 3.63) is 58.4 Å². The largest absolute Gasteiger partial charge is 0.356 e. The van der Waals surface area contributed by atoms with Crippen LogP contribution in [0.2, 0.25) is 0 Å². The van der Waals surface area contributed by atoms with Crippen LogP contribution in [0.25, 0.3) is 5.65 Å². The number of benzene rings is 1. The lowest BCUT2D eigenvalue weighted by atomic mass is 9.87. The van der Waals surface area contributed by atoms with Crippen LogP contribution >= 0.6 is 0 Å². The number of aryl methyl sites for hydroxylation is 2. The summed E-state index contributed by atoms with van der Waals surface area (Å²) >= 11 is 0. The zero-order chi connectivity index (χ0) is 23.2. The second-order valence-corrected chi connectivity index (χ2v) is 10.6. The fraction of sp³-hybridized carbons (Fsp3) is 0.536. The lowest BCUT2D eigenvalue weighted by Crippen LogP contribution is -2.39. The summed E-state index contributed by atoms with van der Waals surface area (Å²) < 4.78 is 1.91. The number of carbonyl (C=O) groups is 1. The number of hydrogen-bond donors (Lipinski definition) is 0. The molecule has 34 heavy (non-hydrogen) atoms. The van der Waals surface area contributed by atoms with Crippen LogP contribution < -0.4 is 4.90 Å². The molecule has 0 unspecified atom stereocenters. The van der Waals surface area contributed by atoms with Gasteiger partial charge in [-0.1, -0.05) is 19.1 Å². The molecule has 6 heteroatoms. The predicted molar refractivity (Wildman–Crippen MR) is 134 cm³/mol. The van der Waals surface area contributed by atoms with E-state index in [9.17, 15) is 4.79 Å². The summed E-state index contributed by atoms with van der Waals surface area (Å²) in [4.78, 5) is 23.4. The van der Waals surface area contributed by atoms with E-state index in [0.717, 1.165) is 80.0 Å². The monoisotopic (exact) mass is 457 g/mol. The number of piperidine rings is 1. The Kier molecular flexibility index (Phi) is 5.54. The van der Waals surface area contributed by atoms with Crippen molar-refractivity contribution in [1.82, 2.24) is 19.5 Å². The highest BCUT2D eigenvalue weighted by Crippen LogP contribution is 2.34. The number of amides is 1. The first kappa shape index (κ1) is 21.6. The average molecular weight is 458 g/mol. The highest BCUT2D eigenvalue weighted by molar-refractivity contribution is 5.96. The van der Waals surface area contributed by atoms with Gasteiger partial charge >= 0.3 is 0 Å². The van der Waals surface area contributed by atoms with Crippen molar-refractivity contribution in [3.63, 3.8) is 0 Å². The van der Waals surface area contributed by atoms with Gasteiger partial charge in [-0.05, 0) is 81.4 Å². The molecule has 2 fully saturated rings. The molecular weight excluding hydrogens is 422 g/mol. The third-order valence-electron chi connectivity index (χ3n) is 8.08. The van der Waals surface area contributed by atoms with E-state index in [1.54, 1.807) is 0 Å². The van der Waals surface area contributed by atoms with E-state index in [1.807, 2.05) is 10.6 Å². The molecular formula is C28H35N5O. The molecule has 3 aromatic rings. The van der Waals surface area contributed by atoms with Gasteiger partial charge in [0.15, 0.2) is 5.65 Å². The predicted octanol–water partition coefficient (Wildman–Crippen LogP) is 5.13. The van der Waals surface area contributed by atoms with E-state index in [-0.39, 0.29) is 11.9 Å². The average Bonchev–Trinajstić information content (AvgIpc) is 3.48. The zero-order valence-corrected chi connectivity index (χ0v) is 20.5. The molecule has 0 spiro atoms. The van der Waals surface area contributed by atoms with Crippen molar-refractivity contribution in [2.24, 2.45) is 5.92 Å². The van der Waals surface area contributed by atoms with E-state index in [1.165, 1.54) is 30.4 Å². The minimum Gasteiger partial charge on any atom is -0.356 e. The maximum absolute atomic E-state index is 13.9. The summed E-state index contributed by atoms with van der Waals surface area (Å²) in [5, 5.41) is 4.94. The summed E-state index contributed by atoms with van der Waals surface area (Å²) in [6, 6.07) is 8.43. The van der Waals surface area contributed by atoms with E-state index < -0.39 is 0 Å². The minimum absolute atomic E-state index is 0.0120. The van der Waals surface area contributed by atoms with Gasteiger partial charge in [0.2, 0.25) is 0 Å². The molecule has 1 aliphatic carbocycles. The summed E-state index contributed by atoms with van der Waals surface area (Å²) in [7, 11) is 0. The number of carbonyl (C=O) groups excluding carboxylic acids is 1. The van der Waals surface area contributed by atoms with E-state index in [4.69, 9.17) is 10.1 Å². The number of aromatic nitrogens is 3. The number of hydrogen-bond acceptors (Lipinski definition) is 4. The van der Waals surface area contributed by atoms with Crippen LogP contribution in [0.15, 0.2) is 30.5 Å². The Morgan fingerprint density at radius 3 is 2.79 bits per heavy atom. The number of nitrogens with zero attached hydrogens (tertiary/aromatic N) is 5. The molecule has 2 atom stereocenters. The van der Waals surface area contributed by atoms with Crippen LogP contribution in [0.5, 0.6) is 0 Å². The Morgan fingerprint density at radius 2 is 1.94 bits per heavy atom. The van der Waals surface area contributed by atoms with Gasteiger partial charge in [-0.25, -0.2) is 9.50 Å². The minimum atomic E-state index is 0.0120. The maximum atomic E-state index is 13.9. The molecule has 0 bridgehead atoms. The molecule has 178 valence electrons. The molecule has 0 N–H and O–H groups in total. The Balaban J connectivity index is 1.33. The molecule has 6 nitrogen and oxygen atoms in total. The zero-order valence-electron chi connectivity index (χ0n) is 20.5. The molecule has 2 aromatic heterocycles. The van der Waals surface area contributed by atoms with Gasteiger partial charge in [0.05, 0.1) is 11.7 Å². The van der Waals surface area contributed by atoms with Gasteiger partial charge in [-0.15, -0.1) is 0 Å². The second-order valence-electron chi connectivity index (χ2n) is 10.6. The molecule has 2 saturated heterocycles. The lowest BCUT2D eigenvalue weighted by Gasteiger charge is -2.35. The Hall–Kier alpha value is -2.89. The third-order valence-corrected chi connectivity index (χ3v) is 8.08. The first-order valence-corrected chi connectivity index (χ1v) is 13.1. The number of likely N-dealkylation sites (tertiary alicyclic amines) is 1. The molecule has 3 aliphatic rings. The fourth-order valence-corrected chi connectivity index (χ4v) is 6.25. The van der Waals surface area contributed by atoms with Crippen LogP contribution in [-0.2, 0) is 12.8 Å². The maximum Gasteiger partial charge on any atom is 0.254 e. The van der Waals surface area contributed by atoms with Crippen molar-refractivity contribution in [2.75, 3.05) is 24.5 Å². The number of rotatable bonds is 3. The fourth-order valence-electron chi connectivity index (χ4n) is 6.25. The summed E-state index contributed by atoms with van der Waals surface area (Å²) in [5.41, 5.74) is 6.56. The molecule has 0 radical (unpaired) electrons. The first-order valence-electron chi connectivity index (χ1n) is 13.1. The third kappa shape index (κ3) is 3.77. The first-order chi connectivity index (χ1) is 16.6. The van der Waals surface area contributed by atoms with Crippen molar-refractivity contribution in [3.8, 4) is 0 Å². The second kappa shape index (κ2) is 8.71. The van der Waals surface area contributed by atoms with Gasteiger partial charge in [0.25, 0.3) is 5.91 Å². The van der Waals surface area contributed by atoms with Crippen LogP contribution in [0.3, 0.4) is 0 Å². The quantitative estimate of drug-likeness (QED) is 0.547. The standard InChI is InChI=1S/C28H35N5O/c1-19-13-15-31(17-19)27-20(2)18-33-26(29-27)16-24(30-33)25-12-5-6-14-32(25)28(34)23-11-7-9-21-8-3-4-10-22(21)23/h7,9,11,16,18-19,25H,3-6,8,10,12-15,17H2,1-2H3/t19-,25-/m0/s1. The molecule has 0 saturated carbocycles. The van der Waals surface area contributed by atoms with Crippen LogP contribution in [-0.4, -0.2) is 45.0 Å². The SMILES string of the molecule is Cc1cn2nc([C@@H]3CCCCN3C(=O)c3cccc4c3CCCC4)cc2nc1N1CC[C@H](C)C1. The van der Waals surface area contributed by atoms with Gasteiger partial charge in [0.1, 0.15) is 5.82 Å². The molecule has 4 heterocycles. The Morgan fingerprint density at radius 1 is 1.06 bits per heavy atom. The summed E-state index contributed by atoms with van der Waals surface area (Å²) in [5.74, 6) is 1.97. The summed E-state index contributed by atoms with van der Waals surface area (Å²) in [6.45, 7) is 7.37. The Bertz CT molecular complexity index is 1230. The van der Waals surface area contributed by atoms with E-state index in [2.05, 4.69) is 48.0 Å². The normalized spacial score (nSPS) is 22.9. The van der Waals surface area contributed by atoms with Crippen molar-refractivity contribution in [2.45, 2.75) is 71.3 Å². The number of anilines is 1. The van der Waals surface area contributed by atoms with E-state index >= 15 is 0 Å².